The first-order chi connectivity index (χ1) is 10.9. The molecule has 122 valence electrons. The number of rotatable bonds is 4. The van der Waals surface area contributed by atoms with Gasteiger partial charge < -0.3 is 4.74 Å². The summed E-state index contributed by atoms with van der Waals surface area (Å²) in [6.45, 7) is 4.51. The minimum atomic E-state index is -3.71. The van der Waals surface area contributed by atoms with E-state index in [1.165, 1.54) is 28.4 Å². The Morgan fingerprint density at radius 1 is 1.26 bits per heavy atom. The SMILES string of the molecule is Cc1nc(NS(=O)(=O)c2ccc(N3CCOC3=O)cc2)sc1C. The molecule has 3 rings (SSSR count). The summed E-state index contributed by atoms with van der Waals surface area (Å²) in [5.41, 5.74) is 1.41. The van der Waals surface area contributed by atoms with Gasteiger partial charge in [0.15, 0.2) is 5.13 Å². The van der Waals surface area contributed by atoms with Gasteiger partial charge in [0.2, 0.25) is 0 Å². The highest BCUT2D eigenvalue weighted by molar-refractivity contribution is 7.93. The Morgan fingerprint density at radius 3 is 2.48 bits per heavy atom. The fourth-order valence-electron chi connectivity index (χ4n) is 2.12. The first kappa shape index (κ1) is 15.8. The average Bonchev–Trinajstić information content (AvgIpc) is 3.05. The number of hydrogen-bond donors (Lipinski definition) is 1. The molecule has 0 radical (unpaired) electrons. The fourth-order valence-corrected chi connectivity index (χ4v) is 4.17. The van der Waals surface area contributed by atoms with Gasteiger partial charge in [0, 0.05) is 10.6 Å². The molecule has 0 bridgehead atoms. The second-order valence-electron chi connectivity index (χ2n) is 5.03. The predicted molar refractivity (Wildman–Crippen MR) is 87.5 cm³/mol. The van der Waals surface area contributed by atoms with E-state index < -0.39 is 16.1 Å². The molecule has 1 aromatic carbocycles. The number of nitrogens with one attached hydrogen (secondary N) is 1. The highest BCUT2D eigenvalue weighted by Gasteiger charge is 2.24. The lowest BCUT2D eigenvalue weighted by Crippen LogP contribution is -2.23. The van der Waals surface area contributed by atoms with Gasteiger partial charge in [0.05, 0.1) is 17.1 Å². The van der Waals surface area contributed by atoms with Crippen molar-refractivity contribution in [2.75, 3.05) is 22.8 Å². The van der Waals surface area contributed by atoms with Crippen molar-refractivity contribution in [3.8, 4) is 0 Å². The van der Waals surface area contributed by atoms with E-state index in [4.69, 9.17) is 4.74 Å². The molecule has 0 spiro atoms. The topological polar surface area (TPSA) is 88.6 Å². The summed E-state index contributed by atoms with van der Waals surface area (Å²) in [5.74, 6) is 0. The van der Waals surface area contributed by atoms with E-state index in [0.29, 0.717) is 24.0 Å². The van der Waals surface area contributed by atoms with Crippen LogP contribution in [-0.4, -0.2) is 32.6 Å². The van der Waals surface area contributed by atoms with Crippen LogP contribution in [0.2, 0.25) is 0 Å². The van der Waals surface area contributed by atoms with Gasteiger partial charge in [-0.25, -0.2) is 18.2 Å². The molecule has 0 aliphatic carbocycles. The number of carbonyl (C=O) groups is 1. The van der Waals surface area contributed by atoms with E-state index in [0.717, 1.165) is 10.6 Å². The molecule has 1 aromatic heterocycles. The molecule has 1 saturated heterocycles. The Labute approximate surface area is 138 Å². The number of carbonyl (C=O) groups excluding carboxylic acids is 1. The molecule has 0 atom stereocenters. The number of benzene rings is 1. The van der Waals surface area contributed by atoms with Crippen LogP contribution in [-0.2, 0) is 14.8 Å². The molecule has 1 fully saturated rings. The molecule has 0 unspecified atom stereocenters. The zero-order chi connectivity index (χ0) is 16.6. The monoisotopic (exact) mass is 353 g/mol. The normalized spacial score (nSPS) is 14.9. The zero-order valence-corrected chi connectivity index (χ0v) is 14.2. The number of cyclic esters (lactones) is 1. The van der Waals surface area contributed by atoms with E-state index in [9.17, 15) is 13.2 Å². The van der Waals surface area contributed by atoms with Crippen LogP contribution in [0.5, 0.6) is 0 Å². The van der Waals surface area contributed by atoms with Gasteiger partial charge >= 0.3 is 6.09 Å². The lowest BCUT2D eigenvalue weighted by Gasteiger charge is -2.13. The van der Waals surface area contributed by atoms with Crippen molar-refractivity contribution in [1.29, 1.82) is 0 Å². The summed E-state index contributed by atoms with van der Waals surface area (Å²) in [5, 5.41) is 0.340. The Kier molecular flexibility index (Phi) is 3.99. The Hall–Kier alpha value is -2.13. The maximum atomic E-state index is 12.4. The van der Waals surface area contributed by atoms with Crippen molar-refractivity contribution >= 4 is 38.3 Å². The van der Waals surface area contributed by atoms with Crippen molar-refractivity contribution < 1.29 is 17.9 Å². The molecule has 7 nitrogen and oxygen atoms in total. The summed E-state index contributed by atoms with van der Waals surface area (Å²) >= 11 is 1.29. The van der Waals surface area contributed by atoms with E-state index in [-0.39, 0.29) is 4.90 Å². The van der Waals surface area contributed by atoms with Crippen molar-refractivity contribution in [3.05, 3.63) is 34.8 Å². The number of hydrogen-bond acceptors (Lipinski definition) is 6. The number of anilines is 2. The number of amides is 1. The van der Waals surface area contributed by atoms with Crippen molar-refractivity contribution in [1.82, 2.24) is 4.98 Å². The smallest absolute Gasteiger partial charge is 0.414 e. The number of ether oxygens (including phenoxy) is 1. The summed E-state index contributed by atoms with van der Waals surface area (Å²) in [6.07, 6.45) is -0.424. The molecule has 23 heavy (non-hydrogen) atoms. The van der Waals surface area contributed by atoms with Crippen LogP contribution in [0, 0.1) is 13.8 Å². The standard InChI is InChI=1S/C14H15N3O4S2/c1-9-10(2)22-13(15-9)16-23(19,20)12-5-3-11(4-6-12)17-7-8-21-14(17)18/h3-6H,7-8H2,1-2H3,(H,15,16). The van der Waals surface area contributed by atoms with Crippen molar-refractivity contribution in [3.63, 3.8) is 0 Å². The molecule has 2 heterocycles. The molecule has 0 saturated carbocycles. The van der Waals surface area contributed by atoms with E-state index in [2.05, 4.69) is 9.71 Å². The maximum Gasteiger partial charge on any atom is 0.414 e. The first-order valence-electron chi connectivity index (χ1n) is 6.88. The summed E-state index contributed by atoms with van der Waals surface area (Å²) in [7, 11) is -3.71. The van der Waals surface area contributed by atoms with E-state index >= 15 is 0 Å². The van der Waals surface area contributed by atoms with Crippen LogP contribution in [0.25, 0.3) is 0 Å². The van der Waals surface area contributed by atoms with Crippen LogP contribution < -0.4 is 9.62 Å². The second kappa shape index (κ2) is 5.82. The van der Waals surface area contributed by atoms with Gasteiger partial charge in [-0.05, 0) is 38.1 Å². The Morgan fingerprint density at radius 2 is 1.96 bits per heavy atom. The predicted octanol–water partition coefficient (Wildman–Crippen LogP) is 2.52. The number of sulfonamides is 1. The first-order valence-corrected chi connectivity index (χ1v) is 9.18. The number of thiazole rings is 1. The largest absolute Gasteiger partial charge is 0.447 e. The van der Waals surface area contributed by atoms with Gasteiger partial charge in [-0.2, -0.15) is 0 Å². The number of nitrogens with zero attached hydrogens (tertiary/aromatic N) is 2. The van der Waals surface area contributed by atoms with Gasteiger partial charge in [-0.15, -0.1) is 11.3 Å². The molecule has 1 aliphatic rings. The van der Waals surface area contributed by atoms with Gasteiger partial charge in [-0.3, -0.25) is 9.62 Å². The minimum absolute atomic E-state index is 0.110. The zero-order valence-electron chi connectivity index (χ0n) is 12.6. The molecule has 1 amide bonds. The highest BCUT2D eigenvalue weighted by atomic mass is 32.2. The average molecular weight is 353 g/mol. The fraction of sp³-hybridized carbons (Fsp3) is 0.286. The minimum Gasteiger partial charge on any atom is -0.447 e. The Bertz CT molecular complexity index is 824. The summed E-state index contributed by atoms with van der Waals surface area (Å²) in [6, 6.07) is 6.08. The quantitative estimate of drug-likeness (QED) is 0.912. The van der Waals surface area contributed by atoms with Gasteiger partial charge in [-0.1, -0.05) is 0 Å². The number of aromatic nitrogens is 1. The molecule has 2 aromatic rings. The van der Waals surface area contributed by atoms with Crippen LogP contribution in [0.15, 0.2) is 29.2 Å². The lowest BCUT2D eigenvalue weighted by atomic mass is 10.3. The lowest BCUT2D eigenvalue weighted by molar-refractivity contribution is 0.181. The maximum absolute atomic E-state index is 12.4. The molecule has 1 N–H and O–H groups in total. The van der Waals surface area contributed by atoms with Crippen molar-refractivity contribution in [2.45, 2.75) is 18.7 Å². The number of aryl methyl sites for hydroxylation is 2. The Balaban J connectivity index is 1.81. The van der Waals surface area contributed by atoms with Gasteiger partial charge in [0.25, 0.3) is 10.0 Å². The third-order valence-corrected chi connectivity index (χ3v) is 5.94. The molecular formula is C14H15N3O4S2. The van der Waals surface area contributed by atoms with Crippen LogP contribution >= 0.6 is 11.3 Å². The summed E-state index contributed by atoms with van der Waals surface area (Å²) < 4.78 is 32.1. The molecular weight excluding hydrogens is 338 g/mol. The van der Waals surface area contributed by atoms with Crippen molar-refractivity contribution in [2.24, 2.45) is 0 Å². The molecule has 1 aliphatic heterocycles. The van der Waals surface area contributed by atoms with Crippen LogP contribution in [0.1, 0.15) is 10.6 Å². The van der Waals surface area contributed by atoms with Crippen LogP contribution in [0.4, 0.5) is 15.6 Å². The van der Waals surface area contributed by atoms with Gasteiger partial charge in [0.1, 0.15) is 6.61 Å². The van der Waals surface area contributed by atoms with E-state index in [1.54, 1.807) is 12.1 Å². The third kappa shape index (κ3) is 3.15. The van der Waals surface area contributed by atoms with E-state index in [1.807, 2.05) is 13.8 Å². The molecule has 9 heteroatoms. The third-order valence-electron chi connectivity index (χ3n) is 3.47. The highest BCUT2D eigenvalue weighted by Crippen LogP contribution is 2.25. The summed E-state index contributed by atoms with van der Waals surface area (Å²) in [4.78, 5) is 18.2. The van der Waals surface area contributed by atoms with Crippen LogP contribution in [0.3, 0.4) is 0 Å². The second-order valence-corrected chi connectivity index (χ2v) is 7.91.